The van der Waals surface area contributed by atoms with E-state index in [2.05, 4.69) is 5.32 Å². The van der Waals surface area contributed by atoms with Crippen LogP contribution in [-0.2, 0) is 14.3 Å². The molecule has 102 valence electrons. The van der Waals surface area contributed by atoms with E-state index in [1.54, 1.807) is 0 Å². The zero-order valence-electron chi connectivity index (χ0n) is 10.7. The molecule has 0 radical (unpaired) electrons. The Morgan fingerprint density at radius 1 is 1.24 bits per heavy atom. The van der Waals surface area contributed by atoms with Gasteiger partial charge in [0.1, 0.15) is 6.10 Å². The molecule has 6 heteroatoms. The number of carbonyl (C=O) groups is 1. The van der Waals surface area contributed by atoms with Crippen LogP contribution in [0.5, 0.6) is 0 Å². The predicted molar refractivity (Wildman–Crippen MR) is 69.6 cm³/mol. The van der Waals surface area contributed by atoms with Gasteiger partial charge in [0.25, 0.3) is 0 Å². The fourth-order valence-electron chi connectivity index (χ4n) is 1.02. The van der Waals surface area contributed by atoms with E-state index in [1.807, 2.05) is 27.7 Å². The lowest BCUT2D eigenvalue weighted by Gasteiger charge is -2.21. The van der Waals surface area contributed by atoms with Crippen LogP contribution >= 0.6 is 23.2 Å². The molecule has 0 fully saturated rings. The van der Waals surface area contributed by atoms with Crippen LogP contribution in [0.3, 0.4) is 0 Å². The molecule has 0 aromatic carbocycles. The summed E-state index contributed by atoms with van der Waals surface area (Å²) in [5.41, 5.74) is 0. The maximum absolute atomic E-state index is 11.3. The van der Waals surface area contributed by atoms with Gasteiger partial charge in [-0.05, 0) is 13.8 Å². The highest BCUT2D eigenvalue weighted by Gasteiger charge is 2.20. The van der Waals surface area contributed by atoms with Crippen molar-refractivity contribution in [3.8, 4) is 0 Å². The van der Waals surface area contributed by atoms with Gasteiger partial charge in [-0.2, -0.15) is 0 Å². The van der Waals surface area contributed by atoms with Gasteiger partial charge in [0, 0.05) is 12.6 Å². The zero-order chi connectivity index (χ0) is 13.4. The predicted octanol–water partition coefficient (Wildman–Crippen LogP) is 2.12. The number of esters is 1. The average Bonchev–Trinajstić information content (AvgIpc) is 2.21. The summed E-state index contributed by atoms with van der Waals surface area (Å²) in [6.45, 7) is 8.68. The van der Waals surface area contributed by atoms with Gasteiger partial charge in [0.05, 0.1) is 12.7 Å². The molecule has 0 amide bonds. The fraction of sp³-hybridized carbons (Fsp3) is 0.909. The summed E-state index contributed by atoms with van der Waals surface area (Å²) >= 11 is 10.9. The van der Waals surface area contributed by atoms with Crippen molar-refractivity contribution >= 4 is 29.2 Å². The summed E-state index contributed by atoms with van der Waals surface area (Å²) < 4.78 is 10.5. The van der Waals surface area contributed by atoms with Gasteiger partial charge in [0.2, 0.25) is 4.84 Å². The lowest BCUT2D eigenvalue weighted by Crippen LogP contribution is -2.39. The molecule has 0 unspecified atom stereocenters. The number of carbonyl (C=O) groups excluding carboxylic acids is 1. The van der Waals surface area contributed by atoms with Crippen molar-refractivity contribution in [3.63, 3.8) is 0 Å². The van der Waals surface area contributed by atoms with Gasteiger partial charge >= 0.3 is 5.97 Å². The minimum absolute atomic E-state index is 0.0815. The molecule has 1 atom stereocenters. The zero-order valence-corrected chi connectivity index (χ0v) is 12.2. The first-order valence-electron chi connectivity index (χ1n) is 5.66. The molecule has 4 nitrogen and oxygen atoms in total. The van der Waals surface area contributed by atoms with Crippen molar-refractivity contribution < 1.29 is 14.3 Å². The van der Waals surface area contributed by atoms with Crippen molar-refractivity contribution in [2.45, 2.75) is 50.8 Å². The van der Waals surface area contributed by atoms with E-state index in [4.69, 9.17) is 32.7 Å². The van der Waals surface area contributed by atoms with Crippen LogP contribution in [-0.4, -0.2) is 42.2 Å². The number of rotatable bonds is 8. The molecule has 0 bridgehead atoms. The van der Waals surface area contributed by atoms with Crippen LogP contribution < -0.4 is 5.32 Å². The van der Waals surface area contributed by atoms with Gasteiger partial charge in [-0.1, -0.05) is 37.0 Å². The highest BCUT2D eigenvalue weighted by atomic mass is 35.5. The number of alkyl halides is 2. The van der Waals surface area contributed by atoms with Gasteiger partial charge < -0.3 is 14.8 Å². The van der Waals surface area contributed by atoms with Crippen molar-refractivity contribution in [1.29, 1.82) is 0 Å². The third kappa shape index (κ3) is 9.65. The van der Waals surface area contributed by atoms with Crippen LogP contribution in [0.1, 0.15) is 27.7 Å². The molecule has 0 rings (SSSR count). The lowest BCUT2D eigenvalue weighted by atomic mass is 10.3. The third-order valence-electron chi connectivity index (χ3n) is 1.83. The topological polar surface area (TPSA) is 47.6 Å². The second kappa shape index (κ2) is 8.97. The first-order valence-corrected chi connectivity index (χ1v) is 6.53. The van der Waals surface area contributed by atoms with Gasteiger partial charge in [0.15, 0.2) is 0 Å². The van der Waals surface area contributed by atoms with Crippen LogP contribution in [0.4, 0.5) is 0 Å². The Labute approximate surface area is 113 Å². The number of hydrogen-bond acceptors (Lipinski definition) is 4. The summed E-state index contributed by atoms with van der Waals surface area (Å²) in [4.78, 5) is 10.1. The number of halogens is 2. The minimum Gasteiger partial charge on any atom is -0.457 e. The average molecular weight is 286 g/mol. The Morgan fingerprint density at radius 3 is 2.24 bits per heavy atom. The summed E-state index contributed by atoms with van der Waals surface area (Å²) in [5, 5.41) is 3.17. The second-order valence-electron chi connectivity index (χ2n) is 4.30. The minimum atomic E-state index is -1.16. The Kier molecular flexibility index (Phi) is 8.96. The monoisotopic (exact) mass is 285 g/mol. The summed E-state index contributed by atoms with van der Waals surface area (Å²) in [6.07, 6.45) is -0.301. The first kappa shape index (κ1) is 17.0. The molecular formula is C11H21Cl2NO3. The van der Waals surface area contributed by atoms with Crippen LogP contribution in [0, 0.1) is 0 Å². The van der Waals surface area contributed by atoms with E-state index in [0.29, 0.717) is 19.2 Å². The van der Waals surface area contributed by atoms with Crippen LogP contribution in [0.25, 0.3) is 0 Å². The largest absolute Gasteiger partial charge is 0.457 e. The second-order valence-corrected chi connectivity index (χ2v) is 5.40. The van der Waals surface area contributed by atoms with Crippen molar-refractivity contribution in [2.24, 2.45) is 0 Å². The standard InChI is InChI=1S/C11H21Cl2NO3/c1-7(2)14-5-9(6-16-8(3)4)17-11(15)10(12)13/h7-10,14H,5-6H2,1-4H3/t9-/m1/s1. The first-order chi connectivity index (χ1) is 7.82. The molecule has 0 aliphatic rings. The Hall–Kier alpha value is -0.0300. The molecular weight excluding hydrogens is 265 g/mol. The molecule has 1 N–H and O–H groups in total. The number of ether oxygens (including phenoxy) is 2. The molecule has 0 saturated heterocycles. The molecule has 0 saturated carbocycles. The Morgan fingerprint density at radius 2 is 1.82 bits per heavy atom. The number of hydrogen-bond donors (Lipinski definition) is 1. The molecule has 0 spiro atoms. The Bertz CT molecular complexity index is 211. The summed E-state index contributed by atoms with van der Waals surface area (Å²) in [6, 6.07) is 0.304. The maximum atomic E-state index is 11.3. The van der Waals surface area contributed by atoms with Crippen molar-refractivity contribution in [2.75, 3.05) is 13.2 Å². The fourth-order valence-corrected chi connectivity index (χ4v) is 1.12. The number of nitrogens with one attached hydrogen (secondary N) is 1. The molecule has 0 heterocycles. The van der Waals surface area contributed by atoms with Gasteiger partial charge in [-0.15, -0.1) is 0 Å². The Balaban J connectivity index is 4.14. The SMILES string of the molecule is CC(C)NC[C@H](COC(C)C)OC(=O)C(Cl)Cl. The van der Waals surface area contributed by atoms with Crippen LogP contribution in [0.15, 0.2) is 0 Å². The summed E-state index contributed by atoms with van der Waals surface area (Å²) in [7, 11) is 0. The van der Waals surface area contributed by atoms with Crippen molar-refractivity contribution in [3.05, 3.63) is 0 Å². The highest BCUT2D eigenvalue weighted by Crippen LogP contribution is 2.07. The smallest absolute Gasteiger partial charge is 0.339 e. The van der Waals surface area contributed by atoms with Crippen LogP contribution in [0.2, 0.25) is 0 Å². The van der Waals surface area contributed by atoms with Gasteiger partial charge in [-0.3, -0.25) is 0 Å². The summed E-state index contributed by atoms with van der Waals surface area (Å²) in [5.74, 6) is -0.642. The maximum Gasteiger partial charge on any atom is 0.339 e. The van der Waals surface area contributed by atoms with E-state index in [9.17, 15) is 4.79 Å². The molecule has 17 heavy (non-hydrogen) atoms. The molecule has 0 aliphatic carbocycles. The van der Waals surface area contributed by atoms with E-state index in [1.165, 1.54) is 0 Å². The van der Waals surface area contributed by atoms with E-state index in [-0.39, 0.29) is 12.2 Å². The van der Waals surface area contributed by atoms with Crippen molar-refractivity contribution in [1.82, 2.24) is 5.32 Å². The van der Waals surface area contributed by atoms with E-state index >= 15 is 0 Å². The molecule has 0 aliphatic heterocycles. The third-order valence-corrected chi connectivity index (χ3v) is 2.19. The van der Waals surface area contributed by atoms with Gasteiger partial charge in [-0.25, -0.2) is 4.79 Å². The molecule has 0 aromatic heterocycles. The van der Waals surface area contributed by atoms with E-state index < -0.39 is 10.8 Å². The quantitative estimate of drug-likeness (QED) is 0.548. The van der Waals surface area contributed by atoms with E-state index in [0.717, 1.165) is 0 Å². The lowest BCUT2D eigenvalue weighted by molar-refractivity contribution is -0.150. The normalized spacial score (nSPS) is 13.5. The molecule has 0 aromatic rings. The highest BCUT2D eigenvalue weighted by molar-refractivity contribution is 6.52.